The molecule has 0 saturated carbocycles. The van der Waals surface area contributed by atoms with Gasteiger partial charge in [0.2, 0.25) is 0 Å². The van der Waals surface area contributed by atoms with Gasteiger partial charge < -0.3 is 9.47 Å². The Morgan fingerprint density at radius 1 is 0.923 bits per heavy atom. The first-order valence-electron chi connectivity index (χ1n) is 5.42. The van der Waals surface area contributed by atoms with Crippen molar-refractivity contribution < 1.29 is 9.47 Å². The molecule has 0 aromatic heterocycles. The molecule has 0 radical (unpaired) electrons. The molecule has 0 unspecified atom stereocenters. The predicted molar refractivity (Wildman–Crippen MR) is 56.0 cm³/mol. The molecule has 0 aliphatic carbocycles. The van der Waals surface area contributed by atoms with Gasteiger partial charge in [-0.3, -0.25) is 0 Å². The molecule has 0 spiro atoms. The molecule has 0 aliphatic heterocycles. The van der Waals surface area contributed by atoms with Crippen molar-refractivity contribution in [2.75, 3.05) is 26.4 Å². The molecule has 0 aromatic rings. The fourth-order valence-corrected chi connectivity index (χ4v) is 0.887. The molecule has 2 nitrogen and oxygen atoms in total. The Bertz CT molecular complexity index is 92.1. The lowest BCUT2D eigenvalue weighted by molar-refractivity contribution is 0.0430. The van der Waals surface area contributed by atoms with E-state index in [9.17, 15) is 0 Å². The first-order valence-corrected chi connectivity index (χ1v) is 5.42. The molecule has 2 heteroatoms. The van der Waals surface area contributed by atoms with E-state index in [4.69, 9.17) is 9.47 Å². The van der Waals surface area contributed by atoms with E-state index in [1.54, 1.807) is 0 Å². The molecular formula is C11H24O2. The van der Waals surface area contributed by atoms with Crippen LogP contribution < -0.4 is 0 Å². The Labute approximate surface area is 82.6 Å². The normalized spacial score (nSPS) is 11.1. The maximum absolute atomic E-state index is 5.40. The Balaban J connectivity index is 2.84. The highest BCUT2D eigenvalue weighted by atomic mass is 16.5. The number of hydrogen-bond acceptors (Lipinski definition) is 2. The van der Waals surface area contributed by atoms with Crippen molar-refractivity contribution >= 4 is 0 Å². The third-order valence-corrected chi connectivity index (χ3v) is 1.85. The van der Waals surface area contributed by atoms with Crippen LogP contribution in [0.5, 0.6) is 0 Å². The minimum Gasteiger partial charge on any atom is -0.379 e. The van der Waals surface area contributed by atoms with Crippen LogP contribution in [0.1, 0.15) is 40.0 Å². The SMILES string of the molecule is CCCCOCCOCCC(C)C. The molecular weight excluding hydrogens is 164 g/mol. The lowest BCUT2D eigenvalue weighted by Crippen LogP contribution is -2.07. The molecule has 0 heterocycles. The van der Waals surface area contributed by atoms with E-state index < -0.39 is 0 Å². The van der Waals surface area contributed by atoms with Gasteiger partial charge in [-0.1, -0.05) is 27.2 Å². The van der Waals surface area contributed by atoms with Crippen molar-refractivity contribution in [1.82, 2.24) is 0 Å². The molecule has 0 fully saturated rings. The van der Waals surface area contributed by atoms with Gasteiger partial charge in [0.25, 0.3) is 0 Å². The van der Waals surface area contributed by atoms with Gasteiger partial charge in [0.1, 0.15) is 0 Å². The van der Waals surface area contributed by atoms with Crippen LogP contribution in [0.25, 0.3) is 0 Å². The number of unbranched alkanes of at least 4 members (excludes halogenated alkanes) is 1. The van der Waals surface area contributed by atoms with Gasteiger partial charge in [0, 0.05) is 13.2 Å². The maximum Gasteiger partial charge on any atom is 0.0700 e. The summed E-state index contributed by atoms with van der Waals surface area (Å²) >= 11 is 0. The number of rotatable bonds is 9. The second-order valence-corrected chi connectivity index (χ2v) is 3.76. The summed E-state index contributed by atoms with van der Waals surface area (Å²) in [5.41, 5.74) is 0. The summed E-state index contributed by atoms with van der Waals surface area (Å²) in [4.78, 5) is 0. The summed E-state index contributed by atoms with van der Waals surface area (Å²) in [5, 5.41) is 0. The molecule has 0 atom stereocenters. The zero-order chi connectivity index (χ0) is 9.94. The van der Waals surface area contributed by atoms with E-state index in [1.165, 1.54) is 6.42 Å². The lowest BCUT2D eigenvalue weighted by atomic mass is 10.1. The van der Waals surface area contributed by atoms with E-state index in [1.807, 2.05) is 0 Å². The summed E-state index contributed by atoms with van der Waals surface area (Å²) in [7, 11) is 0. The molecule has 0 aliphatic rings. The lowest BCUT2D eigenvalue weighted by Gasteiger charge is -2.06. The third kappa shape index (κ3) is 11.9. The smallest absolute Gasteiger partial charge is 0.0700 e. The van der Waals surface area contributed by atoms with Gasteiger partial charge >= 0.3 is 0 Å². The zero-order valence-electron chi connectivity index (χ0n) is 9.34. The van der Waals surface area contributed by atoms with Crippen molar-refractivity contribution in [3.05, 3.63) is 0 Å². The van der Waals surface area contributed by atoms with Gasteiger partial charge in [0.05, 0.1) is 13.2 Å². The van der Waals surface area contributed by atoms with Crippen molar-refractivity contribution in [3.8, 4) is 0 Å². The quantitative estimate of drug-likeness (QED) is 0.518. The van der Waals surface area contributed by atoms with Crippen LogP contribution in [0.3, 0.4) is 0 Å². The minimum atomic E-state index is 0.737. The third-order valence-electron chi connectivity index (χ3n) is 1.85. The fraction of sp³-hybridized carbons (Fsp3) is 1.00. The first kappa shape index (κ1) is 12.9. The van der Waals surface area contributed by atoms with Crippen LogP contribution in [0.2, 0.25) is 0 Å². The van der Waals surface area contributed by atoms with Crippen molar-refractivity contribution in [1.29, 1.82) is 0 Å². The molecule has 0 N–H and O–H groups in total. The van der Waals surface area contributed by atoms with Crippen LogP contribution in [0, 0.1) is 5.92 Å². The van der Waals surface area contributed by atoms with Crippen LogP contribution >= 0.6 is 0 Å². The van der Waals surface area contributed by atoms with Gasteiger partial charge in [-0.25, -0.2) is 0 Å². The molecule has 0 rings (SSSR count). The number of hydrogen-bond donors (Lipinski definition) is 0. The molecule has 0 bridgehead atoms. The standard InChI is InChI=1S/C11H24O2/c1-4-5-7-12-9-10-13-8-6-11(2)3/h11H,4-10H2,1-3H3. The summed E-state index contributed by atoms with van der Waals surface area (Å²) in [6, 6.07) is 0. The Hall–Kier alpha value is -0.0800. The van der Waals surface area contributed by atoms with Crippen molar-refractivity contribution in [3.63, 3.8) is 0 Å². The molecule has 0 saturated heterocycles. The maximum atomic E-state index is 5.40. The molecule has 13 heavy (non-hydrogen) atoms. The monoisotopic (exact) mass is 188 g/mol. The van der Waals surface area contributed by atoms with E-state index in [-0.39, 0.29) is 0 Å². The van der Waals surface area contributed by atoms with Gasteiger partial charge in [-0.2, -0.15) is 0 Å². The van der Waals surface area contributed by atoms with E-state index in [2.05, 4.69) is 20.8 Å². The second-order valence-electron chi connectivity index (χ2n) is 3.76. The Kier molecular flexibility index (Phi) is 9.94. The van der Waals surface area contributed by atoms with E-state index in [0.29, 0.717) is 0 Å². The largest absolute Gasteiger partial charge is 0.379 e. The Morgan fingerprint density at radius 2 is 1.54 bits per heavy atom. The molecule has 0 amide bonds. The number of ether oxygens (including phenoxy) is 2. The van der Waals surface area contributed by atoms with E-state index in [0.717, 1.165) is 45.2 Å². The second kappa shape index (κ2) is 10.0. The molecule has 0 aromatic carbocycles. The summed E-state index contributed by atoms with van der Waals surface area (Å²) in [6.07, 6.45) is 3.51. The average Bonchev–Trinajstić information content (AvgIpc) is 2.09. The highest BCUT2D eigenvalue weighted by molar-refractivity contribution is 4.42. The van der Waals surface area contributed by atoms with Crippen molar-refractivity contribution in [2.45, 2.75) is 40.0 Å². The van der Waals surface area contributed by atoms with Crippen LogP contribution in [-0.2, 0) is 9.47 Å². The summed E-state index contributed by atoms with van der Waals surface area (Å²) < 4.78 is 10.8. The summed E-state index contributed by atoms with van der Waals surface area (Å²) in [6.45, 7) is 9.83. The van der Waals surface area contributed by atoms with Gasteiger partial charge in [0.15, 0.2) is 0 Å². The Morgan fingerprint density at radius 3 is 2.08 bits per heavy atom. The van der Waals surface area contributed by atoms with Crippen molar-refractivity contribution in [2.24, 2.45) is 5.92 Å². The highest BCUT2D eigenvalue weighted by Gasteiger charge is 1.93. The van der Waals surface area contributed by atoms with Gasteiger partial charge in [-0.05, 0) is 18.8 Å². The zero-order valence-corrected chi connectivity index (χ0v) is 9.34. The summed E-state index contributed by atoms with van der Waals surface area (Å²) in [5.74, 6) is 0.737. The average molecular weight is 188 g/mol. The van der Waals surface area contributed by atoms with Crippen LogP contribution in [0.4, 0.5) is 0 Å². The highest BCUT2D eigenvalue weighted by Crippen LogP contribution is 1.98. The fourth-order valence-electron chi connectivity index (χ4n) is 0.887. The molecule has 80 valence electrons. The van der Waals surface area contributed by atoms with E-state index >= 15 is 0 Å². The van der Waals surface area contributed by atoms with Crippen LogP contribution in [0.15, 0.2) is 0 Å². The predicted octanol–water partition coefficient (Wildman–Crippen LogP) is 2.87. The van der Waals surface area contributed by atoms with Gasteiger partial charge in [-0.15, -0.1) is 0 Å². The first-order chi connectivity index (χ1) is 6.27. The topological polar surface area (TPSA) is 18.5 Å². The minimum absolute atomic E-state index is 0.737. The van der Waals surface area contributed by atoms with Crippen LogP contribution in [-0.4, -0.2) is 26.4 Å².